The van der Waals surface area contributed by atoms with Crippen LogP contribution in [0.2, 0.25) is 0 Å². The van der Waals surface area contributed by atoms with Crippen molar-refractivity contribution in [2.75, 3.05) is 23.4 Å². The largest absolute Gasteiger partial charge is 0.351 e. The summed E-state index contributed by atoms with van der Waals surface area (Å²) in [7, 11) is -6.85. The topological polar surface area (TPSA) is 122 Å². The molecule has 0 bridgehead atoms. The first-order valence-corrected chi connectivity index (χ1v) is 11.8. The molecule has 3 rings (SSSR count). The highest BCUT2D eigenvalue weighted by Gasteiger charge is 2.28. The number of rotatable bonds is 6. The van der Waals surface area contributed by atoms with E-state index in [4.69, 9.17) is 0 Å². The van der Waals surface area contributed by atoms with E-state index in [0.29, 0.717) is 16.8 Å². The third-order valence-electron chi connectivity index (χ3n) is 4.18. The number of carbonyl (C=O) groups excluding carboxylic acids is 1. The van der Waals surface area contributed by atoms with Crippen LogP contribution in [0.25, 0.3) is 0 Å². The monoisotopic (exact) mass is 421 g/mol. The lowest BCUT2D eigenvalue weighted by Gasteiger charge is -2.08. The summed E-state index contributed by atoms with van der Waals surface area (Å²) < 4.78 is 50.8. The van der Waals surface area contributed by atoms with Crippen molar-refractivity contribution in [2.24, 2.45) is 4.40 Å². The maximum absolute atomic E-state index is 12.1. The molecule has 8 nitrogen and oxygen atoms in total. The number of hydrogen-bond acceptors (Lipinski definition) is 6. The summed E-state index contributed by atoms with van der Waals surface area (Å²) in [4.78, 5) is 12.2. The third kappa shape index (κ3) is 4.39. The first kappa shape index (κ1) is 20.0. The van der Waals surface area contributed by atoms with Gasteiger partial charge in [0.2, 0.25) is 0 Å². The Bertz CT molecular complexity index is 1140. The van der Waals surface area contributed by atoms with Crippen LogP contribution in [0.15, 0.2) is 57.8 Å². The van der Waals surface area contributed by atoms with Gasteiger partial charge in [-0.05, 0) is 36.4 Å². The Kier molecular flexibility index (Phi) is 5.52. The number of benzene rings is 2. The minimum absolute atomic E-state index is 0.0337. The highest BCUT2D eigenvalue weighted by Crippen LogP contribution is 2.26. The smallest absolute Gasteiger partial charge is 0.285 e. The number of anilines is 1. The quantitative estimate of drug-likeness (QED) is 0.727. The van der Waals surface area contributed by atoms with Gasteiger partial charge >= 0.3 is 0 Å². The molecule has 0 fully saturated rings. The van der Waals surface area contributed by atoms with Gasteiger partial charge in [0.1, 0.15) is 4.90 Å². The molecule has 2 N–H and O–H groups in total. The van der Waals surface area contributed by atoms with Gasteiger partial charge in [-0.25, -0.2) is 8.42 Å². The summed E-state index contributed by atoms with van der Waals surface area (Å²) >= 11 is 0. The van der Waals surface area contributed by atoms with E-state index >= 15 is 0 Å². The average molecular weight is 422 g/mol. The van der Waals surface area contributed by atoms with Crippen LogP contribution < -0.4 is 10.6 Å². The predicted molar refractivity (Wildman–Crippen MR) is 107 cm³/mol. The molecule has 0 unspecified atom stereocenters. The van der Waals surface area contributed by atoms with E-state index in [1.165, 1.54) is 6.07 Å². The van der Waals surface area contributed by atoms with Crippen molar-refractivity contribution in [3.63, 3.8) is 0 Å². The van der Waals surface area contributed by atoms with E-state index in [1.807, 2.05) is 0 Å². The minimum atomic E-state index is -3.71. The number of nitrogens with zero attached hydrogens (tertiary/aromatic N) is 1. The van der Waals surface area contributed by atoms with Gasteiger partial charge in [0.15, 0.2) is 15.7 Å². The molecule has 0 spiro atoms. The van der Waals surface area contributed by atoms with E-state index < -0.39 is 19.9 Å². The number of hydrogen-bond donors (Lipinski definition) is 2. The molecule has 0 saturated heterocycles. The Morgan fingerprint density at radius 1 is 1.07 bits per heavy atom. The lowest BCUT2D eigenvalue weighted by Crippen LogP contribution is -2.29. The van der Waals surface area contributed by atoms with Crippen LogP contribution in [-0.2, 0) is 19.9 Å². The summed E-state index contributed by atoms with van der Waals surface area (Å²) in [5, 5.41) is 5.51. The molecule has 1 heterocycles. The fourth-order valence-electron chi connectivity index (χ4n) is 2.60. The van der Waals surface area contributed by atoms with Gasteiger partial charge in [0.05, 0.1) is 5.75 Å². The Balaban J connectivity index is 1.66. The molecule has 2 aromatic rings. The number of amides is 1. The number of fused-ring (bicyclic) bond motifs is 1. The van der Waals surface area contributed by atoms with Crippen molar-refractivity contribution in [1.29, 1.82) is 0 Å². The van der Waals surface area contributed by atoms with Gasteiger partial charge in [-0.2, -0.15) is 8.42 Å². The van der Waals surface area contributed by atoms with Gasteiger partial charge < -0.3 is 10.6 Å². The van der Waals surface area contributed by atoms with E-state index in [2.05, 4.69) is 15.0 Å². The lowest BCUT2D eigenvalue weighted by molar-refractivity contribution is 0.0956. The van der Waals surface area contributed by atoms with Crippen molar-refractivity contribution in [2.45, 2.75) is 11.8 Å². The van der Waals surface area contributed by atoms with Gasteiger partial charge in [0.25, 0.3) is 15.9 Å². The molecule has 148 valence electrons. The van der Waals surface area contributed by atoms with Crippen LogP contribution in [0.3, 0.4) is 0 Å². The normalized spacial score (nSPS) is 14.8. The van der Waals surface area contributed by atoms with Crippen LogP contribution in [0.4, 0.5) is 5.69 Å². The molecule has 1 amide bonds. The first-order chi connectivity index (χ1) is 13.2. The van der Waals surface area contributed by atoms with Crippen LogP contribution in [0.1, 0.15) is 22.8 Å². The molecular formula is C18H19N3O5S2. The van der Waals surface area contributed by atoms with Crippen LogP contribution in [0, 0.1) is 0 Å². The summed E-state index contributed by atoms with van der Waals surface area (Å²) in [6.07, 6.45) is 0. The van der Waals surface area contributed by atoms with Crippen LogP contribution in [-0.4, -0.2) is 46.6 Å². The second-order valence-corrected chi connectivity index (χ2v) is 10.2. The number of carbonyl (C=O) groups is 1. The fraction of sp³-hybridized carbons (Fsp3) is 0.222. The molecule has 2 aromatic carbocycles. The molecule has 0 radical (unpaired) electrons. The summed E-state index contributed by atoms with van der Waals surface area (Å²) in [5.41, 5.74) is 1.41. The highest BCUT2D eigenvalue weighted by atomic mass is 32.2. The maximum atomic E-state index is 12.1. The molecule has 1 aliphatic rings. The van der Waals surface area contributed by atoms with Gasteiger partial charge in [-0.15, -0.1) is 4.40 Å². The van der Waals surface area contributed by atoms with Crippen molar-refractivity contribution in [3.05, 3.63) is 59.7 Å². The van der Waals surface area contributed by atoms with Crippen molar-refractivity contribution in [3.8, 4) is 0 Å². The Hall–Kier alpha value is -2.72. The zero-order valence-corrected chi connectivity index (χ0v) is 16.7. The SMILES string of the molecule is CCS(=O)(=O)CCNC(=O)c1ccc(NC2=NS(=O)(=O)c3ccccc32)cc1. The van der Waals surface area contributed by atoms with E-state index in [1.54, 1.807) is 49.4 Å². The number of sulfone groups is 1. The molecule has 0 atom stereocenters. The zero-order valence-electron chi connectivity index (χ0n) is 15.0. The average Bonchev–Trinajstić information content (AvgIpc) is 2.93. The Morgan fingerprint density at radius 2 is 1.75 bits per heavy atom. The van der Waals surface area contributed by atoms with E-state index in [-0.39, 0.29) is 34.7 Å². The van der Waals surface area contributed by atoms with Crippen molar-refractivity contribution >= 4 is 37.3 Å². The minimum Gasteiger partial charge on any atom is -0.351 e. The van der Waals surface area contributed by atoms with Crippen LogP contribution >= 0.6 is 0 Å². The van der Waals surface area contributed by atoms with E-state index in [0.717, 1.165) is 0 Å². The summed E-state index contributed by atoms with van der Waals surface area (Å²) in [6, 6.07) is 12.9. The van der Waals surface area contributed by atoms with Gasteiger partial charge in [0, 0.05) is 29.1 Å². The molecular weight excluding hydrogens is 402 g/mol. The summed E-state index contributed by atoms with van der Waals surface area (Å²) in [5.74, 6) is -0.240. The number of amidine groups is 1. The predicted octanol–water partition coefficient (Wildman–Crippen LogP) is 1.41. The second-order valence-electron chi connectivity index (χ2n) is 6.11. The molecule has 28 heavy (non-hydrogen) atoms. The Morgan fingerprint density at radius 3 is 2.43 bits per heavy atom. The zero-order chi connectivity index (χ0) is 20.4. The van der Waals surface area contributed by atoms with E-state index in [9.17, 15) is 21.6 Å². The molecule has 0 saturated carbocycles. The van der Waals surface area contributed by atoms with Gasteiger partial charge in [-0.1, -0.05) is 19.1 Å². The summed E-state index contributed by atoms with van der Waals surface area (Å²) in [6.45, 7) is 1.60. The standard InChI is InChI=1S/C18H19N3O5S2/c1-2-27(23,24)12-11-19-18(22)13-7-9-14(10-8-13)20-17-15-5-3-4-6-16(15)28(25,26)21-17/h3-10H,2,11-12H2,1H3,(H,19,22)(H,20,21). The van der Waals surface area contributed by atoms with Gasteiger partial charge in [-0.3, -0.25) is 4.79 Å². The fourth-order valence-corrected chi connectivity index (χ4v) is 4.48. The second kappa shape index (κ2) is 7.72. The molecule has 10 heteroatoms. The van der Waals surface area contributed by atoms with Crippen molar-refractivity contribution in [1.82, 2.24) is 5.32 Å². The van der Waals surface area contributed by atoms with Crippen molar-refractivity contribution < 1.29 is 21.6 Å². The first-order valence-electron chi connectivity index (χ1n) is 8.52. The third-order valence-corrected chi connectivity index (χ3v) is 7.22. The number of nitrogens with one attached hydrogen (secondary N) is 2. The molecule has 0 aliphatic carbocycles. The molecule has 0 aromatic heterocycles. The number of sulfonamides is 1. The Labute approximate surface area is 163 Å². The lowest BCUT2D eigenvalue weighted by atomic mass is 10.1. The van der Waals surface area contributed by atoms with Crippen LogP contribution in [0.5, 0.6) is 0 Å². The maximum Gasteiger partial charge on any atom is 0.285 e. The highest BCUT2D eigenvalue weighted by molar-refractivity contribution is 7.91. The molecule has 1 aliphatic heterocycles.